The van der Waals surface area contributed by atoms with Crippen LogP contribution in [0.1, 0.15) is 22.8 Å². The van der Waals surface area contributed by atoms with Crippen LogP contribution in [0.15, 0.2) is 18.3 Å². The van der Waals surface area contributed by atoms with Crippen LogP contribution in [0.3, 0.4) is 0 Å². The summed E-state index contributed by atoms with van der Waals surface area (Å²) < 4.78 is 5.52. The fourth-order valence-electron chi connectivity index (χ4n) is 1.66. The van der Waals surface area contributed by atoms with E-state index in [1.165, 1.54) is 18.3 Å². The van der Waals surface area contributed by atoms with E-state index in [1.807, 2.05) is 6.92 Å². The van der Waals surface area contributed by atoms with Crippen molar-refractivity contribution in [2.24, 2.45) is 0 Å². The molecule has 0 aliphatic heterocycles. The molecule has 0 spiro atoms. The maximum Gasteiger partial charge on any atom is 0.356 e. The van der Waals surface area contributed by atoms with Crippen LogP contribution in [0.4, 0.5) is 0 Å². The molecule has 0 saturated heterocycles. The highest BCUT2D eigenvalue weighted by atomic mass is 17.2. The van der Waals surface area contributed by atoms with Gasteiger partial charge in [-0.2, -0.15) is 4.89 Å². The molecule has 2 aromatic rings. The van der Waals surface area contributed by atoms with Gasteiger partial charge in [-0.25, -0.2) is 15.2 Å². The fourth-order valence-corrected chi connectivity index (χ4v) is 1.66. The Kier molecular flexibility index (Phi) is 4.14. The summed E-state index contributed by atoms with van der Waals surface area (Å²) in [5.41, 5.74) is 1.56. The lowest BCUT2D eigenvalue weighted by Gasteiger charge is -2.19. The lowest BCUT2D eigenvalue weighted by Crippen LogP contribution is -2.29. The molecule has 0 aliphatic rings. The van der Waals surface area contributed by atoms with Crippen molar-refractivity contribution in [3.8, 4) is 11.6 Å². The molecule has 0 atom stereocenters. The summed E-state index contributed by atoms with van der Waals surface area (Å²) in [5.74, 6) is -2.82. The van der Waals surface area contributed by atoms with Crippen molar-refractivity contribution in [3.63, 3.8) is 0 Å². The van der Waals surface area contributed by atoms with Gasteiger partial charge in [0.25, 0.3) is 0 Å². The topological polar surface area (TPSA) is 118 Å². The summed E-state index contributed by atoms with van der Waals surface area (Å²) >= 11 is 0. The van der Waals surface area contributed by atoms with Gasteiger partial charge in [-0.05, 0) is 32.9 Å². The van der Waals surface area contributed by atoms with Crippen molar-refractivity contribution < 1.29 is 25.1 Å². The molecule has 2 heterocycles. The molecule has 0 saturated carbocycles. The Morgan fingerprint density at radius 2 is 1.71 bits per heavy atom. The van der Waals surface area contributed by atoms with Crippen LogP contribution >= 0.6 is 0 Å². The van der Waals surface area contributed by atoms with Crippen molar-refractivity contribution in [2.45, 2.75) is 26.7 Å². The highest BCUT2D eigenvalue weighted by Crippen LogP contribution is 2.30. The van der Waals surface area contributed by atoms with Crippen molar-refractivity contribution in [2.75, 3.05) is 0 Å². The number of ether oxygens (including phenoxy) is 1. The first-order chi connectivity index (χ1) is 9.85. The van der Waals surface area contributed by atoms with Crippen LogP contribution in [0, 0.1) is 20.8 Å². The van der Waals surface area contributed by atoms with Crippen LogP contribution in [0.5, 0.6) is 11.6 Å². The smallest absolute Gasteiger partial charge is 0.356 e. The van der Waals surface area contributed by atoms with Crippen molar-refractivity contribution in [1.29, 1.82) is 0 Å². The zero-order valence-electron chi connectivity index (χ0n) is 11.7. The van der Waals surface area contributed by atoms with Crippen molar-refractivity contribution in [3.05, 3.63) is 41.1 Å². The number of aliphatic hydroxyl groups is 2. The number of nitrogens with zero attached hydrogens (tertiary/aromatic N) is 3. The van der Waals surface area contributed by atoms with Crippen LogP contribution in [0.2, 0.25) is 0 Å². The van der Waals surface area contributed by atoms with Gasteiger partial charge < -0.3 is 14.9 Å². The molecular formula is C13H15N3O5. The SMILES string of the molecule is Cc1nc(C)c(Oc2cccnc2C(O)(O)OO)nc1C. The van der Waals surface area contributed by atoms with E-state index in [-0.39, 0.29) is 11.6 Å². The number of rotatable bonds is 4. The zero-order chi connectivity index (χ0) is 15.6. The van der Waals surface area contributed by atoms with Gasteiger partial charge in [0.15, 0.2) is 11.4 Å². The highest BCUT2D eigenvalue weighted by molar-refractivity contribution is 5.34. The van der Waals surface area contributed by atoms with Crippen LogP contribution in [0.25, 0.3) is 0 Å². The van der Waals surface area contributed by atoms with Gasteiger partial charge in [0.05, 0.1) is 11.4 Å². The van der Waals surface area contributed by atoms with Gasteiger partial charge in [0.2, 0.25) is 5.88 Å². The van der Waals surface area contributed by atoms with Crippen molar-refractivity contribution in [1.82, 2.24) is 15.0 Å². The third kappa shape index (κ3) is 3.14. The molecule has 0 fully saturated rings. The van der Waals surface area contributed by atoms with Gasteiger partial charge >= 0.3 is 5.97 Å². The molecule has 8 heteroatoms. The first-order valence-electron chi connectivity index (χ1n) is 6.07. The second-order valence-electron chi connectivity index (χ2n) is 4.44. The Bertz CT molecular complexity index is 660. The van der Waals surface area contributed by atoms with Crippen molar-refractivity contribution >= 4 is 0 Å². The van der Waals surface area contributed by atoms with E-state index in [9.17, 15) is 10.2 Å². The lowest BCUT2D eigenvalue weighted by molar-refractivity contribution is -0.482. The minimum Gasteiger partial charge on any atom is -0.435 e. The van der Waals surface area contributed by atoms with Gasteiger partial charge in [0, 0.05) is 6.20 Å². The summed E-state index contributed by atoms with van der Waals surface area (Å²) in [6.07, 6.45) is 1.29. The van der Waals surface area contributed by atoms with Gasteiger partial charge in [0.1, 0.15) is 5.69 Å². The minimum absolute atomic E-state index is 0.0304. The van der Waals surface area contributed by atoms with Gasteiger partial charge in [-0.3, -0.25) is 4.98 Å². The fraction of sp³-hybridized carbons (Fsp3) is 0.308. The molecule has 8 nitrogen and oxygen atoms in total. The molecule has 21 heavy (non-hydrogen) atoms. The number of pyridine rings is 1. The molecule has 0 amide bonds. The molecule has 112 valence electrons. The summed E-state index contributed by atoms with van der Waals surface area (Å²) in [4.78, 5) is 15.8. The van der Waals surface area contributed by atoms with E-state index < -0.39 is 11.7 Å². The molecular weight excluding hydrogens is 278 g/mol. The van der Waals surface area contributed by atoms with E-state index in [0.29, 0.717) is 11.4 Å². The van der Waals surface area contributed by atoms with E-state index in [4.69, 9.17) is 9.99 Å². The van der Waals surface area contributed by atoms with E-state index in [1.54, 1.807) is 13.8 Å². The standard InChI is InChI=1S/C13H15N3O5/c1-7-8(2)16-12(9(3)15-7)20-10-5-4-6-14-11(10)13(17,18)21-19/h4-6,17-19H,1-3H3. The average Bonchev–Trinajstić information content (AvgIpc) is 2.45. The number of hydrogen-bond acceptors (Lipinski definition) is 8. The predicted octanol–water partition coefficient (Wildman–Crippen LogP) is 1.17. The Morgan fingerprint density at radius 1 is 1.05 bits per heavy atom. The summed E-state index contributed by atoms with van der Waals surface area (Å²) in [5, 5.41) is 27.6. The summed E-state index contributed by atoms with van der Waals surface area (Å²) in [7, 11) is 0. The van der Waals surface area contributed by atoms with Crippen LogP contribution in [-0.2, 0) is 10.9 Å². The van der Waals surface area contributed by atoms with E-state index in [0.717, 1.165) is 5.69 Å². The third-order valence-electron chi connectivity index (χ3n) is 2.85. The average molecular weight is 293 g/mol. The second-order valence-corrected chi connectivity index (χ2v) is 4.44. The first-order valence-corrected chi connectivity index (χ1v) is 6.07. The Balaban J connectivity index is 2.44. The molecule has 3 N–H and O–H groups in total. The lowest BCUT2D eigenvalue weighted by atomic mass is 10.3. The van der Waals surface area contributed by atoms with Crippen LogP contribution in [-0.4, -0.2) is 30.4 Å². The monoisotopic (exact) mass is 293 g/mol. The molecule has 0 aliphatic carbocycles. The Hall–Kier alpha value is -2.13. The Labute approximate surface area is 120 Å². The number of hydrogen-bond donors (Lipinski definition) is 3. The quantitative estimate of drug-likeness (QED) is 0.437. The zero-order valence-corrected chi connectivity index (χ0v) is 11.7. The first kappa shape index (κ1) is 15.3. The van der Waals surface area contributed by atoms with Gasteiger partial charge in [-0.15, -0.1) is 0 Å². The van der Waals surface area contributed by atoms with E-state index in [2.05, 4.69) is 19.8 Å². The normalized spacial score (nSPS) is 11.5. The maximum absolute atomic E-state index is 9.53. The summed E-state index contributed by atoms with van der Waals surface area (Å²) in [6.45, 7) is 5.30. The maximum atomic E-state index is 9.53. The second kappa shape index (κ2) is 5.70. The molecule has 2 rings (SSSR count). The van der Waals surface area contributed by atoms with E-state index >= 15 is 0 Å². The number of aryl methyl sites for hydroxylation is 3. The van der Waals surface area contributed by atoms with Crippen LogP contribution < -0.4 is 4.74 Å². The highest BCUT2D eigenvalue weighted by Gasteiger charge is 2.34. The van der Waals surface area contributed by atoms with Gasteiger partial charge in [-0.1, -0.05) is 0 Å². The number of aromatic nitrogens is 3. The minimum atomic E-state index is -2.99. The largest absolute Gasteiger partial charge is 0.435 e. The molecule has 0 radical (unpaired) electrons. The third-order valence-corrected chi connectivity index (χ3v) is 2.85. The predicted molar refractivity (Wildman–Crippen MR) is 70.4 cm³/mol. The Morgan fingerprint density at radius 3 is 2.38 bits per heavy atom. The summed E-state index contributed by atoms with van der Waals surface area (Å²) in [6, 6.07) is 2.95. The molecule has 0 unspecified atom stereocenters. The molecule has 0 aromatic carbocycles. The molecule has 2 aromatic heterocycles. The molecule has 0 bridgehead atoms.